The summed E-state index contributed by atoms with van der Waals surface area (Å²) in [7, 11) is 0. The van der Waals surface area contributed by atoms with Crippen molar-refractivity contribution in [3.05, 3.63) is 90.5 Å². The molecule has 4 rings (SSSR count). The molecule has 0 radical (unpaired) electrons. The number of ether oxygens (including phenoxy) is 1. The number of carbonyl (C=O) groups excluding carboxylic acids is 1. The fourth-order valence-electron chi connectivity index (χ4n) is 3.10. The van der Waals surface area contributed by atoms with Gasteiger partial charge in [0, 0.05) is 6.54 Å². The first-order valence-corrected chi connectivity index (χ1v) is 8.64. The molecule has 0 aromatic heterocycles. The van der Waals surface area contributed by atoms with Gasteiger partial charge < -0.3 is 10.1 Å². The van der Waals surface area contributed by atoms with Crippen molar-refractivity contribution in [2.24, 2.45) is 0 Å². The van der Waals surface area contributed by atoms with Crippen LogP contribution in [0.4, 0.5) is 0 Å². The van der Waals surface area contributed by atoms with Gasteiger partial charge in [0.05, 0.1) is 0 Å². The normalized spacial score (nSPS) is 10.8. The molecule has 4 aromatic carbocycles. The Hall–Kier alpha value is -3.33. The van der Waals surface area contributed by atoms with E-state index in [4.69, 9.17) is 4.74 Å². The van der Waals surface area contributed by atoms with Crippen molar-refractivity contribution in [2.45, 2.75) is 6.54 Å². The number of hydrogen-bond donors (Lipinski definition) is 1. The van der Waals surface area contributed by atoms with Gasteiger partial charge in [0.25, 0.3) is 5.91 Å². The van der Waals surface area contributed by atoms with Gasteiger partial charge in [-0.05, 0) is 39.2 Å². The van der Waals surface area contributed by atoms with Crippen LogP contribution in [0.25, 0.3) is 21.5 Å². The third-order valence-corrected chi connectivity index (χ3v) is 4.45. The number of amides is 1. The van der Waals surface area contributed by atoms with E-state index in [1.54, 1.807) is 0 Å². The molecule has 0 aliphatic rings. The van der Waals surface area contributed by atoms with Crippen molar-refractivity contribution in [3.63, 3.8) is 0 Å². The fraction of sp³-hybridized carbons (Fsp3) is 0.0870. The quantitative estimate of drug-likeness (QED) is 0.572. The molecule has 3 heteroatoms. The van der Waals surface area contributed by atoms with Crippen molar-refractivity contribution < 1.29 is 9.53 Å². The minimum absolute atomic E-state index is 0.00308. The van der Waals surface area contributed by atoms with Crippen molar-refractivity contribution in [1.82, 2.24) is 5.32 Å². The first-order chi connectivity index (χ1) is 12.8. The Labute approximate surface area is 152 Å². The van der Waals surface area contributed by atoms with Crippen LogP contribution in [0.3, 0.4) is 0 Å². The van der Waals surface area contributed by atoms with Gasteiger partial charge in [-0.25, -0.2) is 0 Å². The van der Waals surface area contributed by atoms with Crippen LogP contribution < -0.4 is 10.1 Å². The Morgan fingerprint density at radius 2 is 1.50 bits per heavy atom. The number of benzene rings is 4. The number of carbonyl (C=O) groups is 1. The molecule has 128 valence electrons. The lowest BCUT2D eigenvalue weighted by Gasteiger charge is -2.10. The van der Waals surface area contributed by atoms with Gasteiger partial charge in [-0.1, -0.05) is 72.8 Å². The summed E-state index contributed by atoms with van der Waals surface area (Å²) in [4.78, 5) is 12.2. The van der Waals surface area contributed by atoms with Crippen LogP contribution >= 0.6 is 0 Å². The molecule has 0 aliphatic heterocycles. The molecule has 0 saturated carbocycles. The standard InChI is InChI=1S/C23H19NO2/c25-23(16-26-21-13-12-17-6-1-2-8-19(17)14-21)24-15-20-10-5-9-18-7-3-4-11-22(18)20/h1-14H,15-16H2,(H,24,25). The smallest absolute Gasteiger partial charge is 0.258 e. The largest absolute Gasteiger partial charge is 0.484 e. The molecule has 0 fully saturated rings. The maximum atomic E-state index is 12.2. The summed E-state index contributed by atoms with van der Waals surface area (Å²) in [5.41, 5.74) is 1.10. The highest BCUT2D eigenvalue weighted by Gasteiger charge is 2.05. The highest BCUT2D eigenvalue weighted by Crippen LogP contribution is 2.21. The number of rotatable bonds is 5. The predicted octanol–water partition coefficient (Wildman–Crippen LogP) is 4.69. The van der Waals surface area contributed by atoms with Gasteiger partial charge in [-0.15, -0.1) is 0 Å². The van der Waals surface area contributed by atoms with Crippen molar-refractivity contribution in [1.29, 1.82) is 0 Å². The first kappa shape index (κ1) is 16.2. The van der Waals surface area contributed by atoms with Gasteiger partial charge in [0.2, 0.25) is 0 Å². The summed E-state index contributed by atoms with van der Waals surface area (Å²) in [5, 5.41) is 7.52. The van der Waals surface area contributed by atoms with E-state index >= 15 is 0 Å². The number of fused-ring (bicyclic) bond motifs is 2. The van der Waals surface area contributed by atoms with Crippen LogP contribution in [-0.2, 0) is 11.3 Å². The molecule has 0 atom stereocenters. The summed E-state index contributed by atoms with van der Waals surface area (Å²) in [6.07, 6.45) is 0. The van der Waals surface area contributed by atoms with Crippen LogP contribution in [-0.4, -0.2) is 12.5 Å². The topological polar surface area (TPSA) is 38.3 Å². The van der Waals surface area contributed by atoms with E-state index in [1.165, 1.54) is 5.39 Å². The van der Waals surface area contributed by atoms with Crippen LogP contribution in [0, 0.1) is 0 Å². The summed E-state index contributed by atoms with van der Waals surface area (Å²) in [6.45, 7) is 0.490. The van der Waals surface area contributed by atoms with Crippen molar-refractivity contribution >= 4 is 27.5 Å². The molecule has 0 aliphatic carbocycles. The minimum atomic E-state index is -0.133. The van der Waals surface area contributed by atoms with Crippen LogP contribution in [0.15, 0.2) is 84.9 Å². The summed E-state index contributed by atoms with van der Waals surface area (Å²) in [5.74, 6) is 0.565. The summed E-state index contributed by atoms with van der Waals surface area (Å²) >= 11 is 0. The monoisotopic (exact) mass is 341 g/mol. The maximum Gasteiger partial charge on any atom is 0.258 e. The van der Waals surface area contributed by atoms with Crippen LogP contribution in [0.2, 0.25) is 0 Å². The lowest BCUT2D eigenvalue weighted by Crippen LogP contribution is -2.28. The second kappa shape index (κ2) is 7.28. The Morgan fingerprint density at radius 3 is 2.38 bits per heavy atom. The molecular formula is C23H19NO2. The van der Waals surface area contributed by atoms with Gasteiger partial charge >= 0.3 is 0 Å². The molecular weight excluding hydrogens is 322 g/mol. The summed E-state index contributed by atoms with van der Waals surface area (Å²) in [6, 6.07) is 28.2. The molecule has 26 heavy (non-hydrogen) atoms. The Bertz CT molecular complexity index is 1070. The Balaban J connectivity index is 1.37. The highest BCUT2D eigenvalue weighted by atomic mass is 16.5. The highest BCUT2D eigenvalue weighted by molar-refractivity contribution is 5.86. The van der Waals surface area contributed by atoms with Gasteiger partial charge in [0.15, 0.2) is 6.61 Å². The van der Waals surface area contributed by atoms with E-state index in [0.29, 0.717) is 12.3 Å². The molecule has 0 heterocycles. The second-order valence-electron chi connectivity index (χ2n) is 6.21. The average molecular weight is 341 g/mol. The molecule has 3 nitrogen and oxygen atoms in total. The third-order valence-electron chi connectivity index (χ3n) is 4.45. The van der Waals surface area contributed by atoms with E-state index in [1.807, 2.05) is 60.7 Å². The molecule has 0 bridgehead atoms. The Kier molecular flexibility index (Phi) is 4.52. The second-order valence-corrected chi connectivity index (χ2v) is 6.21. The number of nitrogens with one attached hydrogen (secondary N) is 1. The zero-order valence-electron chi connectivity index (χ0n) is 14.3. The maximum absolute atomic E-state index is 12.2. The van der Waals surface area contributed by atoms with Crippen LogP contribution in [0.5, 0.6) is 5.75 Å². The predicted molar refractivity (Wildman–Crippen MR) is 105 cm³/mol. The van der Waals surface area contributed by atoms with E-state index < -0.39 is 0 Å². The van der Waals surface area contributed by atoms with Gasteiger partial charge in [0.1, 0.15) is 5.75 Å². The summed E-state index contributed by atoms with van der Waals surface area (Å²) < 4.78 is 5.64. The Morgan fingerprint density at radius 1 is 0.769 bits per heavy atom. The minimum Gasteiger partial charge on any atom is -0.484 e. The van der Waals surface area contributed by atoms with Gasteiger partial charge in [-0.2, -0.15) is 0 Å². The van der Waals surface area contributed by atoms with Crippen molar-refractivity contribution in [3.8, 4) is 5.75 Å². The third kappa shape index (κ3) is 3.52. The molecule has 0 saturated heterocycles. The van der Waals surface area contributed by atoms with E-state index in [9.17, 15) is 4.79 Å². The molecule has 0 unspecified atom stereocenters. The lowest BCUT2D eigenvalue weighted by atomic mass is 10.0. The molecule has 4 aromatic rings. The van der Waals surface area contributed by atoms with E-state index in [2.05, 4.69) is 29.6 Å². The van der Waals surface area contributed by atoms with E-state index in [-0.39, 0.29) is 12.5 Å². The molecule has 0 spiro atoms. The SMILES string of the molecule is O=C(COc1ccc2ccccc2c1)NCc1cccc2ccccc12. The van der Waals surface area contributed by atoms with Crippen LogP contribution in [0.1, 0.15) is 5.56 Å². The zero-order chi connectivity index (χ0) is 17.8. The number of hydrogen-bond acceptors (Lipinski definition) is 2. The van der Waals surface area contributed by atoms with Crippen molar-refractivity contribution in [2.75, 3.05) is 6.61 Å². The molecule has 1 N–H and O–H groups in total. The zero-order valence-corrected chi connectivity index (χ0v) is 14.3. The average Bonchev–Trinajstić information content (AvgIpc) is 2.70. The first-order valence-electron chi connectivity index (χ1n) is 8.64. The van der Waals surface area contributed by atoms with E-state index in [0.717, 1.165) is 21.7 Å². The fourth-order valence-corrected chi connectivity index (χ4v) is 3.10. The van der Waals surface area contributed by atoms with Gasteiger partial charge in [-0.3, -0.25) is 4.79 Å². The molecule has 1 amide bonds. The lowest BCUT2D eigenvalue weighted by molar-refractivity contribution is -0.123.